The Kier molecular flexibility index (Phi) is 8.56. The quantitative estimate of drug-likeness (QED) is 0.162. The molecule has 0 saturated heterocycles. The van der Waals surface area contributed by atoms with Crippen molar-refractivity contribution >= 4 is 46.0 Å². The van der Waals surface area contributed by atoms with Crippen LogP contribution >= 0.6 is 11.8 Å². The number of nitrogens with two attached hydrogens (primary N) is 1. The molecule has 2 heterocycles. The van der Waals surface area contributed by atoms with E-state index in [-0.39, 0.29) is 39.2 Å². The fraction of sp³-hybridized carbons (Fsp3) is 0.118. The predicted molar refractivity (Wildman–Crippen MR) is 171 cm³/mol. The summed E-state index contributed by atoms with van der Waals surface area (Å²) in [5, 5.41) is 33.2. The van der Waals surface area contributed by atoms with Crippen molar-refractivity contribution in [1.82, 2.24) is 9.97 Å². The van der Waals surface area contributed by atoms with Gasteiger partial charge in [0.2, 0.25) is 5.91 Å². The van der Waals surface area contributed by atoms with Crippen LogP contribution in [0.5, 0.6) is 0 Å². The van der Waals surface area contributed by atoms with Crippen LogP contribution in [0.2, 0.25) is 0 Å². The van der Waals surface area contributed by atoms with Crippen molar-refractivity contribution in [2.45, 2.75) is 24.8 Å². The maximum absolute atomic E-state index is 12.9. The van der Waals surface area contributed by atoms with Crippen molar-refractivity contribution in [3.63, 3.8) is 0 Å². The van der Waals surface area contributed by atoms with E-state index in [1.807, 2.05) is 24.3 Å². The summed E-state index contributed by atoms with van der Waals surface area (Å²) in [5.41, 5.74) is 11.0. The second kappa shape index (κ2) is 12.7. The number of fused-ring (bicyclic) bond motifs is 1. The van der Waals surface area contributed by atoms with E-state index in [1.165, 1.54) is 6.07 Å². The Morgan fingerprint density at radius 1 is 0.932 bits per heavy atom. The summed E-state index contributed by atoms with van der Waals surface area (Å²) in [6.07, 6.45) is 0. The Morgan fingerprint density at radius 3 is 2.23 bits per heavy atom. The minimum Gasteiger partial charge on any atom is -0.478 e. The highest BCUT2D eigenvalue weighted by Crippen LogP contribution is 2.36. The minimum atomic E-state index is -1.04. The fourth-order valence-electron chi connectivity index (χ4n) is 4.78. The Labute approximate surface area is 258 Å². The number of nitrogens with zero attached hydrogens (tertiary/aromatic N) is 4. The number of nitrogen functional groups attached to an aromatic ring is 1. The molecule has 216 valence electrons. The zero-order chi connectivity index (χ0) is 31.4. The van der Waals surface area contributed by atoms with Crippen LogP contribution in [0.15, 0.2) is 83.9 Å². The summed E-state index contributed by atoms with van der Waals surface area (Å²) in [4.78, 5) is 33.6. The summed E-state index contributed by atoms with van der Waals surface area (Å²) in [6.45, 7) is 4.15. The second-order valence-electron chi connectivity index (χ2n) is 10.2. The number of nitriles is 2. The molecule has 5 aromatic rings. The molecule has 3 aromatic carbocycles. The van der Waals surface area contributed by atoms with Crippen molar-refractivity contribution < 1.29 is 14.7 Å². The molecule has 0 atom stereocenters. The third kappa shape index (κ3) is 6.07. The summed E-state index contributed by atoms with van der Waals surface area (Å²) < 4.78 is 0. The van der Waals surface area contributed by atoms with Gasteiger partial charge in [0.1, 0.15) is 28.5 Å². The maximum Gasteiger partial charge on any atom is 0.336 e. The number of hydrogen-bond donors (Lipinski definition) is 3. The lowest BCUT2D eigenvalue weighted by Gasteiger charge is -2.14. The molecule has 2 aromatic heterocycles. The first-order valence-electron chi connectivity index (χ1n) is 13.6. The number of carbonyl (C=O) groups is 2. The molecule has 1 amide bonds. The van der Waals surface area contributed by atoms with Crippen LogP contribution < -0.4 is 11.1 Å². The van der Waals surface area contributed by atoms with E-state index < -0.39 is 5.97 Å². The van der Waals surface area contributed by atoms with Gasteiger partial charge in [0.15, 0.2) is 0 Å². The number of aromatic nitrogens is 2. The molecule has 0 bridgehead atoms. The molecule has 0 radical (unpaired) electrons. The summed E-state index contributed by atoms with van der Waals surface area (Å²) in [7, 11) is 0. The van der Waals surface area contributed by atoms with Gasteiger partial charge in [-0.05, 0) is 41.3 Å². The molecule has 44 heavy (non-hydrogen) atoms. The number of para-hydroxylation sites is 1. The lowest BCUT2D eigenvalue weighted by molar-refractivity contribution is -0.113. The molecule has 0 spiro atoms. The summed E-state index contributed by atoms with van der Waals surface area (Å²) in [6, 6.07) is 27.3. The monoisotopic (exact) mass is 598 g/mol. The third-order valence-electron chi connectivity index (χ3n) is 7.03. The first-order chi connectivity index (χ1) is 21.2. The number of anilines is 2. The number of carboxylic acids is 1. The first-order valence-corrected chi connectivity index (χ1v) is 14.6. The summed E-state index contributed by atoms with van der Waals surface area (Å²) in [5.74, 6) is -1.13. The highest BCUT2D eigenvalue weighted by atomic mass is 32.2. The SMILES string of the molecule is CC(C)c1ccc(-c2c(C#N)c(N)nc(SCC(=O)Nc3ccc(-c4cc(C(=O)O)c5ccccc5n4)cc3)c2C#N)cc1. The largest absolute Gasteiger partial charge is 0.478 e. The molecular formula is C34H26N6O3S. The van der Waals surface area contributed by atoms with E-state index in [9.17, 15) is 25.2 Å². The van der Waals surface area contributed by atoms with Gasteiger partial charge in [0, 0.05) is 22.2 Å². The number of hydrogen-bond acceptors (Lipinski definition) is 8. The van der Waals surface area contributed by atoms with Crippen LogP contribution in [0.4, 0.5) is 11.5 Å². The van der Waals surface area contributed by atoms with Crippen LogP contribution in [0.1, 0.15) is 46.8 Å². The number of thioether (sulfide) groups is 1. The van der Waals surface area contributed by atoms with Gasteiger partial charge in [-0.1, -0.05) is 80.2 Å². The Morgan fingerprint density at radius 2 is 1.59 bits per heavy atom. The number of pyridine rings is 2. The molecule has 0 saturated carbocycles. The zero-order valence-electron chi connectivity index (χ0n) is 23.8. The number of carbonyl (C=O) groups excluding carboxylic acids is 1. The van der Waals surface area contributed by atoms with Gasteiger partial charge in [0.25, 0.3) is 0 Å². The minimum absolute atomic E-state index is 0.0127. The Hall–Kier alpha value is -5.71. The van der Waals surface area contributed by atoms with Crippen LogP contribution in [0, 0.1) is 22.7 Å². The lowest BCUT2D eigenvalue weighted by atomic mass is 9.94. The van der Waals surface area contributed by atoms with E-state index in [1.54, 1.807) is 48.5 Å². The first kappa shape index (κ1) is 29.8. The fourth-order valence-corrected chi connectivity index (χ4v) is 5.58. The van der Waals surface area contributed by atoms with Gasteiger partial charge in [-0.2, -0.15) is 10.5 Å². The van der Waals surface area contributed by atoms with Gasteiger partial charge >= 0.3 is 5.97 Å². The van der Waals surface area contributed by atoms with Gasteiger partial charge in [-0.3, -0.25) is 4.79 Å². The van der Waals surface area contributed by atoms with E-state index >= 15 is 0 Å². The standard InChI is InChI=1S/C34H26N6O3S/c1-19(2)20-7-9-22(10-8-20)31-26(16-35)32(37)40-33(27(31)17-36)44-18-30(41)38-23-13-11-21(12-14-23)29-15-25(34(42)43)24-5-3-4-6-28(24)39-29/h3-15,19H,18H2,1-2H3,(H2,37,40)(H,38,41)(H,42,43). The molecule has 0 aliphatic carbocycles. The Bertz CT molecular complexity index is 1990. The molecular weight excluding hydrogens is 572 g/mol. The molecule has 5 rings (SSSR count). The highest BCUT2D eigenvalue weighted by molar-refractivity contribution is 8.00. The van der Waals surface area contributed by atoms with Crippen LogP contribution in [0.3, 0.4) is 0 Å². The molecule has 0 aliphatic heterocycles. The van der Waals surface area contributed by atoms with Crippen LogP contribution in [-0.4, -0.2) is 32.7 Å². The number of benzene rings is 3. The topological polar surface area (TPSA) is 166 Å². The maximum atomic E-state index is 12.9. The summed E-state index contributed by atoms with van der Waals surface area (Å²) >= 11 is 1.05. The van der Waals surface area contributed by atoms with E-state index in [0.717, 1.165) is 17.3 Å². The number of rotatable bonds is 8. The lowest BCUT2D eigenvalue weighted by Crippen LogP contribution is -2.14. The molecule has 0 aliphatic rings. The van der Waals surface area contributed by atoms with Crippen LogP contribution in [-0.2, 0) is 4.79 Å². The van der Waals surface area contributed by atoms with E-state index in [2.05, 4.69) is 41.3 Å². The van der Waals surface area contributed by atoms with E-state index in [0.29, 0.717) is 44.9 Å². The number of aromatic carboxylic acids is 1. The molecule has 4 N–H and O–H groups in total. The van der Waals surface area contributed by atoms with Crippen molar-refractivity contribution in [3.8, 4) is 34.5 Å². The zero-order valence-corrected chi connectivity index (χ0v) is 24.6. The normalized spacial score (nSPS) is 10.8. The van der Waals surface area contributed by atoms with Crippen molar-refractivity contribution in [1.29, 1.82) is 10.5 Å². The van der Waals surface area contributed by atoms with Gasteiger partial charge in [0.05, 0.1) is 28.1 Å². The van der Waals surface area contributed by atoms with Crippen molar-refractivity contribution in [2.75, 3.05) is 16.8 Å². The number of nitrogens with one attached hydrogen (secondary N) is 1. The van der Waals surface area contributed by atoms with Crippen molar-refractivity contribution in [3.05, 3.63) is 101 Å². The number of carboxylic acid groups (broad SMARTS) is 1. The van der Waals surface area contributed by atoms with Crippen molar-refractivity contribution in [2.24, 2.45) is 0 Å². The molecule has 10 heteroatoms. The van der Waals surface area contributed by atoms with Gasteiger partial charge in [-0.15, -0.1) is 0 Å². The Balaban J connectivity index is 1.34. The van der Waals surface area contributed by atoms with Gasteiger partial charge < -0.3 is 16.2 Å². The average molecular weight is 599 g/mol. The number of amides is 1. The molecule has 0 unspecified atom stereocenters. The predicted octanol–water partition coefficient (Wildman–Crippen LogP) is 6.84. The molecule has 9 nitrogen and oxygen atoms in total. The van der Waals surface area contributed by atoms with E-state index in [4.69, 9.17) is 5.73 Å². The third-order valence-corrected chi connectivity index (χ3v) is 8.01. The van der Waals surface area contributed by atoms with Gasteiger partial charge in [-0.25, -0.2) is 14.8 Å². The van der Waals surface area contributed by atoms with Crippen LogP contribution in [0.25, 0.3) is 33.3 Å². The average Bonchev–Trinajstić information content (AvgIpc) is 3.03. The smallest absolute Gasteiger partial charge is 0.336 e. The highest BCUT2D eigenvalue weighted by Gasteiger charge is 2.21. The second-order valence-corrected chi connectivity index (χ2v) is 11.2. The molecule has 0 fully saturated rings.